The van der Waals surface area contributed by atoms with Crippen LogP contribution in [-0.2, 0) is 4.79 Å². The van der Waals surface area contributed by atoms with Crippen LogP contribution in [0, 0.1) is 12.8 Å². The second kappa shape index (κ2) is 11.3. The van der Waals surface area contributed by atoms with Crippen molar-refractivity contribution in [2.45, 2.75) is 39.0 Å². The Morgan fingerprint density at radius 2 is 2.22 bits per heavy atom. The highest BCUT2D eigenvalue weighted by Crippen LogP contribution is 2.16. The highest BCUT2D eigenvalue weighted by molar-refractivity contribution is 5.85. The number of carbonyl (C=O) groups excluding carboxylic acids is 1. The van der Waals surface area contributed by atoms with Crippen molar-refractivity contribution in [2.24, 2.45) is 5.92 Å². The summed E-state index contributed by atoms with van der Waals surface area (Å²) in [5, 5.41) is 6.42. The van der Waals surface area contributed by atoms with E-state index in [4.69, 9.17) is 4.74 Å². The van der Waals surface area contributed by atoms with Crippen molar-refractivity contribution in [1.82, 2.24) is 10.6 Å². The van der Waals surface area contributed by atoms with Gasteiger partial charge in [-0.25, -0.2) is 0 Å². The van der Waals surface area contributed by atoms with Crippen LogP contribution in [0.3, 0.4) is 0 Å². The lowest BCUT2D eigenvalue weighted by Gasteiger charge is -2.22. The van der Waals surface area contributed by atoms with E-state index in [1.807, 2.05) is 31.2 Å². The molecule has 4 nitrogen and oxygen atoms in total. The van der Waals surface area contributed by atoms with Crippen LogP contribution in [0.25, 0.3) is 0 Å². The van der Waals surface area contributed by atoms with Gasteiger partial charge in [-0.2, -0.15) is 0 Å². The van der Waals surface area contributed by atoms with Gasteiger partial charge in [-0.15, -0.1) is 12.4 Å². The first kappa shape index (κ1) is 19.8. The van der Waals surface area contributed by atoms with Crippen molar-refractivity contribution in [1.29, 1.82) is 0 Å². The minimum Gasteiger partial charge on any atom is -0.493 e. The number of rotatable bonds is 8. The molecular formula is C18H29ClN2O2. The monoisotopic (exact) mass is 340 g/mol. The van der Waals surface area contributed by atoms with Crippen LogP contribution in [0.1, 0.15) is 37.7 Å². The standard InChI is InChI=1S/C18H28N2O2.ClH/c1-15-6-2-3-8-17(15)22-13-5-9-18(21)20-12-10-16-7-4-11-19-14-16;/h2-3,6,8,16,19H,4-5,7,9-14H2,1H3,(H,20,21);1H. The molecule has 0 saturated carbocycles. The zero-order valence-corrected chi connectivity index (χ0v) is 14.8. The SMILES string of the molecule is Cc1ccccc1OCCCC(=O)NCCC1CCCNC1.Cl. The van der Waals surface area contributed by atoms with E-state index in [0.29, 0.717) is 13.0 Å². The summed E-state index contributed by atoms with van der Waals surface area (Å²) in [5.74, 6) is 1.77. The Morgan fingerprint density at radius 1 is 1.39 bits per heavy atom. The predicted molar refractivity (Wildman–Crippen MR) is 96.4 cm³/mol. The number of amides is 1. The zero-order valence-electron chi connectivity index (χ0n) is 14.0. The summed E-state index contributed by atoms with van der Waals surface area (Å²) in [6.07, 6.45) is 4.92. The third-order valence-corrected chi connectivity index (χ3v) is 4.17. The molecule has 5 heteroatoms. The van der Waals surface area contributed by atoms with E-state index in [-0.39, 0.29) is 18.3 Å². The molecule has 1 amide bonds. The summed E-state index contributed by atoms with van der Waals surface area (Å²) in [6, 6.07) is 7.96. The Morgan fingerprint density at radius 3 is 2.96 bits per heavy atom. The van der Waals surface area contributed by atoms with Crippen molar-refractivity contribution >= 4 is 18.3 Å². The van der Waals surface area contributed by atoms with Gasteiger partial charge in [0.15, 0.2) is 0 Å². The van der Waals surface area contributed by atoms with Crippen molar-refractivity contribution < 1.29 is 9.53 Å². The van der Waals surface area contributed by atoms with Crippen molar-refractivity contribution in [3.8, 4) is 5.75 Å². The average molecular weight is 341 g/mol. The average Bonchev–Trinajstić information content (AvgIpc) is 2.54. The van der Waals surface area contributed by atoms with Crippen LogP contribution in [0.15, 0.2) is 24.3 Å². The van der Waals surface area contributed by atoms with E-state index < -0.39 is 0 Å². The number of para-hydroxylation sites is 1. The minimum atomic E-state index is 0. The molecule has 130 valence electrons. The Hall–Kier alpha value is -1.26. The van der Waals surface area contributed by atoms with Crippen molar-refractivity contribution in [3.05, 3.63) is 29.8 Å². The third-order valence-electron chi connectivity index (χ3n) is 4.17. The molecule has 0 aromatic heterocycles. The number of benzene rings is 1. The van der Waals surface area contributed by atoms with Gasteiger partial charge in [0, 0.05) is 13.0 Å². The topological polar surface area (TPSA) is 50.4 Å². The smallest absolute Gasteiger partial charge is 0.220 e. The Balaban J connectivity index is 0.00000264. The summed E-state index contributed by atoms with van der Waals surface area (Å²) in [7, 11) is 0. The molecule has 1 heterocycles. The number of hydrogen-bond donors (Lipinski definition) is 2. The first-order valence-corrected chi connectivity index (χ1v) is 8.41. The summed E-state index contributed by atoms with van der Waals surface area (Å²) in [4.78, 5) is 11.8. The second-order valence-corrected chi connectivity index (χ2v) is 6.07. The molecule has 1 aliphatic rings. The minimum absolute atomic E-state index is 0. The lowest BCUT2D eigenvalue weighted by Crippen LogP contribution is -2.33. The lowest BCUT2D eigenvalue weighted by atomic mass is 9.96. The van der Waals surface area contributed by atoms with Crippen LogP contribution >= 0.6 is 12.4 Å². The van der Waals surface area contributed by atoms with Gasteiger partial charge in [0.2, 0.25) is 5.91 Å². The maximum atomic E-state index is 11.8. The van der Waals surface area contributed by atoms with E-state index in [9.17, 15) is 4.79 Å². The Labute approximate surface area is 145 Å². The molecule has 23 heavy (non-hydrogen) atoms. The van der Waals surface area contributed by atoms with Gasteiger partial charge in [-0.1, -0.05) is 18.2 Å². The molecule has 0 radical (unpaired) electrons. The molecule has 0 bridgehead atoms. The highest BCUT2D eigenvalue weighted by Gasteiger charge is 2.12. The van der Waals surface area contributed by atoms with Crippen LogP contribution < -0.4 is 15.4 Å². The summed E-state index contributed by atoms with van der Waals surface area (Å²) < 4.78 is 5.70. The first-order chi connectivity index (χ1) is 10.8. The molecule has 1 unspecified atom stereocenters. The number of halogens is 1. The number of aryl methyl sites for hydroxylation is 1. The second-order valence-electron chi connectivity index (χ2n) is 6.07. The van der Waals surface area contributed by atoms with E-state index >= 15 is 0 Å². The maximum absolute atomic E-state index is 11.8. The molecule has 1 saturated heterocycles. The molecule has 1 aromatic rings. The predicted octanol–water partition coefficient (Wildman–Crippen LogP) is 3.08. The van der Waals surface area contributed by atoms with Gasteiger partial charge in [0.25, 0.3) is 0 Å². The number of ether oxygens (including phenoxy) is 1. The van der Waals surface area contributed by atoms with Crippen LogP contribution in [0.4, 0.5) is 0 Å². The molecule has 1 fully saturated rings. The van der Waals surface area contributed by atoms with Gasteiger partial charge < -0.3 is 15.4 Å². The van der Waals surface area contributed by atoms with Gasteiger partial charge in [0.05, 0.1) is 6.61 Å². The van der Waals surface area contributed by atoms with E-state index in [1.54, 1.807) is 0 Å². The molecule has 0 spiro atoms. The number of hydrogen-bond acceptors (Lipinski definition) is 3. The summed E-state index contributed by atoms with van der Waals surface area (Å²) >= 11 is 0. The molecular weight excluding hydrogens is 312 g/mol. The van der Waals surface area contributed by atoms with Gasteiger partial charge in [-0.05, 0) is 63.2 Å². The fourth-order valence-corrected chi connectivity index (χ4v) is 2.81. The van der Waals surface area contributed by atoms with E-state index in [2.05, 4.69) is 10.6 Å². The molecule has 2 N–H and O–H groups in total. The van der Waals surface area contributed by atoms with Crippen LogP contribution in [-0.4, -0.2) is 32.1 Å². The van der Waals surface area contributed by atoms with Crippen LogP contribution in [0.2, 0.25) is 0 Å². The van der Waals surface area contributed by atoms with E-state index in [0.717, 1.165) is 49.7 Å². The molecule has 2 rings (SSSR count). The summed E-state index contributed by atoms with van der Waals surface area (Å²) in [6.45, 7) is 5.65. The van der Waals surface area contributed by atoms with Crippen LogP contribution in [0.5, 0.6) is 5.75 Å². The summed E-state index contributed by atoms with van der Waals surface area (Å²) in [5.41, 5.74) is 1.13. The van der Waals surface area contributed by atoms with Gasteiger partial charge in [0.1, 0.15) is 5.75 Å². The van der Waals surface area contributed by atoms with E-state index in [1.165, 1.54) is 12.8 Å². The quantitative estimate of drug-likeness (QED) is 0.715. The molecule has 1 atom stereocenters. The fraction of sp³-hybridized carbons (Fsp3) is 0.611. The maximum Gasteiger partial charge on any atom is 0.220 e. The number of nitrogens with one attached hydrogen (secondary N) is 2. The Kier molecular flexibility index (Phi) is 9.72. The number of piperidine rings is 1. The Bertz CT molecular complexity index is 462. The molecule has 1 aromatic carbocycles. The lowest BCUT2D eigenvalue weighted by molar-refractivity contribution is -0.121. The van der Waals surface area contributed by atoms with Gasteiger partial charge >= 0.3 is 0 Å². The zero-order chi connectivity index (χ0) is 15.6. The first-order valence-electron chi connectivity index (χ1n) is 8.41. The molecule has 0 aliphatic carbocycles. The fourth-order valence-electron chi connectivity index (χ4n) is 2.81. The van der Waals surface area contributed by atoms with Gasteiger partial charge in [-0.3, -0.25) is 4.79 Å². The largest absolute Gasteiger partial charge is 0.493 e. The van der Waals surface area contributed by atoms with Crippen molar-refractivity contribution in [2.75, 3.05) is 26.2 Å². The molecule has 1 aliphatic heterocycles. The number of carbonyl (C=O) groups is 1. The highest BCUT2D eigenvalue weighted by atomic mass is 35.5. The third kappa shape index (κ3) is 7.71. The normalized spacial score (nSPS) is 17.2. The van der Waals surface area contributed by atoms with Crippen molar-refractivity contribution in [3.63, 3.8) is 0 Å².